The Hall–Kier alpha value is -2.90. The van der Waals surface area contributed by atoms with E-state index in [9.17, 15) is 19.2 Å². The summed E-state index contributed by atoms with van der Waals surface area (Å²) >= 11 is 0. The second-order valence-electron chi connectivity index (χ2n) is 8.60. The summed E-state index contributed by atoms with van der Waals surface area (Å²) in [5.41, 5.74) is 0.423. The molecule has 1 aliphatic carbocycles. The molecule has 1 unspecified atom stereocenters. The van der Waals surface area contributed by atoms with E-state index in [1.165, 1.54) is 0 Å². The number of benzene rings is 1. The van der Waals surface area contributed by atoms with Crippen molar-refractivity contribution in [3.63, 3.8) is 0 Å². The van der Waals surface area contributed by atoms with E-state index in [1.807, 2.05) is 0 Å². The molecule has 2 N–H and O–H groups in total. The topological polar surface area (TPSA) is 98.8 Å². The zero-order valence-electron chi connectivity index (χ0n) is 17.3. The average molecular weight is 412 g/mol. The molecular formula is C22H28N4O4. The smallest absolute Gasteiger partial charge is 0.325 e. The molecular weight excluding hydrogens is 384 g/mol. The Kier molecular flexibility index (Phi) is 5.49. The Bertz CT molecular complexity index is 862. The molecule has 1 saturated carbocycles. The van der Waals surface area contributed by atoms with Gasteiger partial charge in [0.2, 0.25) is 11.8 Å². The monoisotopic (exact) mass is 412 g/mol. The quantitative estimate of drug-likeness (QED) is 0.727. The predicted octanol–water partition coefficient (Wildman–Crippen LogP) is 2.64. The van der Waals surface area contributed by atoms with Crippen molar-refractivity contribution in [3.8, 4) is 0 Å². The van der Waals surface area contributed by atoms with Gasteiger partial charge in [-0.1, -0.05) is 19.3 Å². The van der Waals surface area contributed by atoms with E-state index in [2.05, 4.69) is 10.6 Å². The number of hydrogen-bond donors (Lipinski definition) is 2. The van der Waals surface area contributed by atoms with E-state index in [0.29, 0.717) is 18.7 Å². The zero-order chi connectivity index (χ0) is 21.3. The maximum Gasteiger partial charge on any atom is 0.325 e. The van der Waals surface area contributed by atoms with Crippen molar-refractivity contribution in [2.45, 2.75) is 57.4 Å². The molecule has 3 fully saturated rings. The number of carbonyl (C=O) groups is 4. The van der Waals surface area contributed by atoms with E-state index in [0.717, 1.165) is 49.1 Å². The molecule has 0 aromatic heterocycles. The average Bonchev–Trinajstić information content (AvgIpc) is 3.26. The van der Waals surface area contributed by atoms with Gasteiger partial charge in [-0.2, -0.15) is 0 Å². The number of rotatable bonds is 5. The number of hydrogen-bond acceptors (Lipinski definition) is 4. The number of imide groups is 1. The van der Waals surface area contributed by atoms with Crippen molar-refractivity contribution >= 4 is 35.1 Å². The van der Waals surface area contributed by atoms with Crippen LogP contribution in [0.4, 0.5) is 16.2 Å². The van der Waals surface area contributed by atoms with E-state index < -0.39 is 17.5 Å². The van der Waals surface area contributed by atoms with Crippen LogP contribution in [0, 0.1) is 5.92 Å². The summed E-state index contributed by atoms with van der Waals surface area (Å²) < 4.78 is 0. The van der Waals surface area contributed by atoms with Gasteiger partial charge in [-0.05, 0) is 56.4 Å². The largest absolute Gasteiger partial charge is 0.325 e. The van der Waals surface area contributed by atoms with Crippen LogP contribution in [0.3, 0.4) is 0 Å². The molecule has 1 aromatic carbocycles. The van der Waals surface area contributed by atoms with E-state index in [4.69, 9.17) is 0 Å². The Morgan fingerprint density at radius 1 is 1.10 bits per heavy atom. The van der Waals surface area contributed by atoms with Gasteiger partial charge in [-0.15, -0.1) is 0 Å². The lowest BCUT2D eigenvalue weighted by molar-refractivity contribution is -0.135. The molecule has 8 heteroatoms. The standard InChI is InChI=1S/C22H28N4O4/c1-22(15-6-3-2-4-7-15)20(29)26(21(30)24-22)14-18(27)23-16-9-11-17(12-10-16)25-13-5-8-19(25)28/h9-12,15H,2-8,13-14H2,1H3,(H,23,27)(H,24,30). The van der Waals surface area contributed by atoms with Gasteiger partial charge in [0.15, 0.2) is 0 Å². The third-order valence-corrected chi connectivity index (χ3v) is 6.56. The molecule has 4 rings (SSSR count). The summed E-state index contributed by atoms with van der Waals surface area (Å²) in [6, 6.07) is 6.50. The van der Waals surface area contributed by atoms with Crippen LogP contribution in [-0.2, 0) is 14.4 Å². The normalized spacial score (nSPS) is 25.0. The second kappa shape index (κ2) is 8.08. The van der Waals surface area contributed by atoms with Gasteiger partial charge in [-0.25, -0.2) is 4.79 Å². The van der Waals surface area contributed by atoms with E-state index in [-0.39, 0.29) is 24.3 Å². The van der Waals surface area contributed by atoms with Crippen LogP contribution in [-0.4, -0.2) is 47.3 Å². The molecule has 1 aromatic rings. The number of carbonyl (C=O) groups excluding carboxylic acids is 4. The van der Waals surface area contributed by atoms with Gasteiger partial charge in [0.25, 0.3) is 5.91 Å². The lowest BCUT2D eigenvalue weighted by Crippen LogP contribution is -2.51. The third kappa shape index (κ3) is 3.78. The van der Waals surface area contributed by atoms with Gasteiger partial charge >= 0.3 is 6.03 Å². The van der Waals surface area contributed by atoms with Crippen molar-refractivity contribution in [2.24, 2.45) is 5.92 Å². The highest BCUT2D eigenvalue weighted by Crippen LogP contribution is 2.36. The summed E-state index contributed by atoms with van der Waals surface area (Å²) in [5, 5.41) is 5.56. The van der Waals surface area contributed by atoms with Crippen molar-refractivity contribution in [3.05, 3.63) is 24.3 Å². The molecule has 0 radical (unpaired) electrons. The van der Waals surface area contributed by atoms with Crippen LogP contribution in [0.1, 0.15) is 51.9 Å². The number of amides is 5. The van der Waals surface area contributed by atoms with Crippen molar-refractivity contribution in [1.82, 2.24) is 10.2 Å². The molecule has 2 heterocycles. The molecule has 2 saturated heterocycles. The third-order valence-electron chi connectivity index (χ3n) is 6.56. The fraction of sp³-hybridized carbons (Fsp3) is 0.545. The number of anilines is 2. The maximum absolute atomic E-state index is 13.0. The van der Waals surface area contributed by atoms with Crippen LogP contribution in [0.25, 0.3) is 0 Å². The molecule has 3 aliphatic rings. The van der Waals surface area contributed by atoms with Gasteiger partial charge in [-0.3, -0.25) is 19.3 Å². The highest BCUT2D eigenvalue weighted by Gasteiger charge is 2.52. The number of nitrogens with one attached hydrogen (secondary N) is 2. The lowest BCUT2D eigenvalue weighted by Gasteiger charge is -2.34. The highest BCUT2D eigenvalue weighted by molar-refractivity contribution is 6.10. The molecule has 8 nitrogen and oxygen atoms in total. The van der Waals surface area contributed by atoms with E-state index in [1.54, 1.807) is 36.1 Å². The Morgan fingerprint density at radius 3 is 2.43 bits per heavy atom. The van der Waals surface area contributed by atoms with Gasteiger partial charge in [0.1, 0.15) is 12.1 Å². The summed E-state index contributed by atoms with van der Waals surface area (Å²) in [6.45, 7) is 2.16. The van der Waals surface area contributed by atoms with Crippen LogP contribution in [0.15, 0.2) is 24.3 Å². The fourth-order valence-electron chi connectivity index (χ4n) is 4.81. The Morgan fingerprint density at radius 2 is 1.80 bits per heavy atom. The van der Waals surface area contributed by atoms with Crippen LogP contribution < -0.4 is 15.5 Å². The molecule has 5 amide bonds. The lowest BCUT2D eigenvalue weighted by atomic mass is 9.75. The highest BCUT2D eigenvalue weighted by atomic mass is 16.2. The summed E-state index contributed by atoms with van der Waals surface area (Å²) in [7, 11) is 0. The molecule has 0 bridgehead atoms. The number of urea groups is 1. The van der Waals surface area contributed by atoms with Crippen LogP contribution in [0.2, 0.25) is 0 Å². The summed E-state index contributed by atoms with van der Waals surface area (Å²) in [6.07, 6.45) is 6.51. The molecule has 160 valence electrons. The van der Waals surface area contributed by atoms with Crippen molar-refractivity contribution in [1.29, 1.82) is 0 Å². The SMILES string of the molecule is CC1(C2CCCCC2)NC(=O)N(CC(=O)Nc2ccc(N3CCCC3=O)cc2)C1=O. The molecule has 2 aliphatic heterocycles. The molecule has 0 spiro atoms. The first kappa shape index (κ1) is 20.4. The minimum absolute atomic E-state index is 0.103. The first-order valence-corrected chi connectivity index (χ1v) is 10.7. The number of nitrogens with zero attached hydrogens (tertiary/aromatic N) is 2. The minimum Gasteiger partial charge on any atom is -0.325 e. The molecule has 1 atom stereocenters. The summed E-state index contributed by atoms with van der Waals surface area (Å²) in [5.74, 6) is -0.545. The van der Waals surface area contributed by atoms with Gasteiger partial charge < -0.3 is 15.5 Å². The van der Waals surface area contributed by atoms with Gasteiger partial charge in [0.05, 0.1) is 0 Å². The van der Waals surface area contributed by atoms with Gasteiger partial charge in [0, 0.05) is 24.3 Å². The second-order valence-corrected chi connectivity index (χ2v) is 8.60. The minimum atomic E-state index is -0.929. The summed E-state index contributed by atoms with van der Waals surface area (Å²) in [4.78, 5) is 52.5. The Balaban J connectivity index is 1.37. The zero-order valence-corrected chi connectivity index (χ0v) is 17.3. The first-order chi connectivity index (χ1) is 14.4. The predicted molar refractivity (Wildman–Crippen MR) is 112 cm³/mol. The first-order valence-electron chi connectivity index (χ1n) is 10.7. The van der Waals surface area contributed by atoms with Crippen LogP contribution >= 0.6 is 0 Å². The van der Waals surface area contributed by atoms with Crippen molar-refractivity contribution in [2.75, 3.05) is 23.3 Å². The fourth-order valence-corrected chi connectivity index (χ4v) is 4.81. The van der Waals surface area contributed by atoms with E-state index >= 15 is 0 Å². The van der Waals surface area contributed by atoms with Crippen LogP contribution in [0.5, 0.6) is 0 Å². The van der Waals surface area contributed by atoms with Crippen molar-refractivity contribution < 1.29 is 19.2 Å². The molecule has 30 heavy (non-hydrogen) atoms. The Labute approximate surface area is 176 Å². The maximum atomic E-state index is 13.0.